The standard InChI is InChI=1S/C14H19F5OSi/c1-4-7-20-21(2,3)8-5-6-9-10(15)12(17)14(19)13(18)11(9)16/h4-8H2,1-3H3. The molecule has 0 amide bonds. The van der Waals surface area contributed by atoms with E-state index >= 15 is 0 Å². The first-order chi connectivity index (χ1) is 9.71. The van der Waals surface area contributed by atoms with E-state index in [4.69, 9.17) is 4.43 Å². The van der Waals surface area contributed by atoms with Crippen LogP contribution in [0.3, 0.4) is 0 Å². The van der Waals surface area contributed by atoms with Gasteiger partial charge < -0.3 is 4.43 Å². The van der Waals surface area contributed by atoms with Gasteiger partial charge in [-0.15, -0.1) is 0 Å². The van der Waals surface area contributed by atoms with Crippen LogP contribution in [0.1, 0.15) is 25.3 Å². The Kier molecular flexibility index (Phi) is 6.34. The van der Waals surface area contributed by atoms with Crippen LogP contribution in [-0.4, -0.2) is 14.9 Å². The summed E-state index contributed by atoms with van der Waals surface area (Å²) in [6.07, 6.45) is 0.993. The SMILES string of the molecule is CCCO[Si](C)(C)CCCc1c(F)c(F)c(F)c(F)c1F. The predicted octanol–water partition coefficient (Wildman–Crippen LogP) is 4.95. The normalized spacial score (nSPS) is 12.0. The lowest BCUT2D eigenvalue weighted by atomic mass is 10.1. The molecule has 0 saturated heterocycles. The highest BCUT2D eigenvalue weighted by Gasteiger charge is 2.27. The average molecular weight is 326 g/mol. The topological polar surface area (TPSA) is 9.23 Å². The number of hydrogen-bond donors (Lipinski definition) is 0. The molecule has 0 fully saturated rings. The maximum absolute atomic E-state index is 13.5. The Labute approximate surface area is 122 Å². The van der Waals surface area contributed by atoms with Crippen molar-refractivity contribution in [2.45, 2.75) is 45.3 Å². The Morgan fingerprint density at radius 1 is 0.857 bits per heavy atom. The molecule has 1 rings (SSSR count). The summed E-state index contributed by atoms with van der Waals surface area (Å²) in [5, 5.41) is 0. The molecule has 0 bridgehead atoms. The van der Waals surface area contributed by atoms with E-state index < -0.39 is 43.0 Å². The Hall–Kier alpha value is -0.953. The molecule has 0 aliphatic rings. The number of halogens is 5. The Bertz CT molecular complexity index is 476. The highest BCUT2D eigenvalue weighted by molar-refractivity contribution is 6.71. The van der Waals surface area contributed by atoms with E-state index in [1.165, 1.54) is 0 Å². The van der Waals surface area contributed by atoms with Crippen LogP contribution in [0.15, 0.2) is 0 Å². The molecule has 21 heavy (non-hydrogen) atoms. The monoisotopic (exact) mass is 326 g/mol. The van der Waals surface area contributed by atoms with Crippen molar-refractivity contribution in [1.82, 2.24) is 0 Å². The second kappa shape index (κ2) is 7.35. The van der Waals surface area contributed by atoms with Gasteiger partial charge in [0.15, 0.2) is 31.6 Å². The molecule has 120 valence electrons. The van der Waals surface area contributed by atoms with Gasteiger partial charge in [0.05, 0.1) is 0 Å². The fraction of sp³-hybridized carbons (Fsp3) is 0.571. The molecule has 1 aromatic carbocycles. The van der Waals surface area contributed by atoms with Crippen LogP contribution in [-0.2, 0) is 10.8 Å². The van der Waals surface area contributed by atoms with Crippen LogP contribution in [0.4, 0.5) is 22.0 Å². The molecule has 0 spiro atoms. The molecule has 0 atom stereocenters. The van der Waals surface area contributed by atoms with Gasteiger partial charge in [-0.2, -0.15) is 0 Å². The van der Waals surface area contributed by atoms with Crippen molar-refractivity contribution in [3.05, 3.63) is 34.6 Å². The maximum atomic E-state index is 13.5. The van der Waals surface area contributed by atoms with Crippen molar-refractivity contribution < 1.29 is 26.4 Å². The van der Waals surface area contributed by atoms with Crippen LogP contribution in [0, 0.1) is 29.1 Å². The summed E-state index contributed by atoms with van der Waals surface area (Å²) in [4.78, 5) is 0. The van der Waals surface area contributed by atoms with Crippen LogP contribution < -0.4 is 0 Å². The first kappa shape index (κ1) is 18.1. The molecular weight excluding hydrogens is 307 g/mol. The predicted molar refractivity (Wildman–Crippen MR) is 73.1 cm³/mol. The van der Waals surface area contributed by atoms with Gasteiger partial charge >= 0.3 is 0 Å². The van der Waals surface area contributed by atoms with E-state index in [2.05, 4.69) is 0 Å². The molecule has 1 nitrogen and oxygen atoms in total. The van der Waals surface area contributed by atoms with Crippen molar-refractivity contribution in [2.75, 3.05) is 6.61 Å². The Morgan fingerprint density at radius 2 is 1.33 bits per heavy atom. The molecule has 0 aliphatic carbocycles. The first-order valence-corrected chi connectivity index (χ1v) is 9.97. The minimum Gasteiger partial charge on any atom is -0.417 e. The number of rotatable bonds is 7. The second-order valence-electron chi connectivity index (χ2n) is 5.51. The Morgan fingerprint density at radius 3 is 1.81 bits per heavy atom. The first-order valence-electron chi connectivity index (χ1n) is 6.85. The van der Waals surface area contributed by atoms with Crippen LogP contribution in [0.2, 0.25) is 19.1 Å². The fourth-order valence-corrected chi connectivity index (χ4v) is 3.94. The quantitative estimate of drug-likeness (QED) is 0.298. The van der Waals surface area contributed by atoms with E-state index in [9.17, 15) is 22.0 Å². The van der Waals surface area contributed by atoms with Gasteiger partial charge in [-0.3, -0.25) is 0 Å². The highest BCUT2D eigenvalue weighted by atomic mass is 28.4. The lowest BCUT2D eigenvalue weighted by molar-refractivity contribution is 0.305. The van der Waals surface area contributed by atoms with Gasteiger partial charge in [0.1, 0.15) is 0 Å². The summed E-state index contributed by atoms with van der Waals surface area (Å²) in [5.41, 5.74) is -0.744. The van der Waals surface area contributed by atoms with Gasteiger partial charge in [0.25, 0.3) is 0 Å². The molecule has 0 aromatic heterocycles. The molecule has 0 heterocycles. The second-order valence-corrected chi connectivity index (χ2v) is 9.82. The third-order valence-corrected chi connectivity index (χ3v) is 5.75. The summed E-state index contributed by atoms with van der Waals surface area (Å²) >= 11 is 0. The van der Waals surface area contributed by atoms with Gasteiger partial charge in [0, 0.05) is 12.2 Å². The molecule has 0 N–H and O–H groups in total. The molecular formula is C14H19F5OSi. The summed E-state index contributed by atoms with van der Waals surface area (Å²) < 4.78 is 71.7. The molecule has 0 unspecified atom stereocenters. The van der Waals surface area contributed by atoms with Crippen molar-refractivity contribution in [3.8, 4) is 0 Å². The lowest BCUT2D eigenvalue weighted by Crippen LogP contribution is -2.30. The number of benzene rings is 1. The highest BCUT2D eigenvalue weighted by Crippen LogP contribution is 2.25. The lowest BCUT2D eigenvalue weighted by Gasteiger charge is -2.22. The van der Waals surface area contributed by atoms with E-state index in [1.54, 1.807) is 0 Å². The summed E-state index contributed by atoms with van der Waals surface area (Å²) in [7, 11) is -1.96. The van der Waals surface area contributed by atoms with Crippen molar-refractivity contribution >= 4 is 8.32 Å². The van der Waals surface area contributed by atoms with Crippen LogP contribution in [0.5, 0.6) is 0 Å². The molecule has 1 aromatic rings. The van der Waals surface area contributed by atoms with Crippen LogP contribution >= 0.6 is 0 Å². The summed E-state index contributed by atoms with van der Waals surface area (Å²) in [6, 6.07) is 0.590. The van der Waals surface area contributed by atoms with Crippen LogP contribution in [0.25, 0.3) is 0 Å². The van der Waals surface area contributed by atoms with E-state index in [0.717, 1.165) is 6.42 Å². The Balaban J connectivity index is 2.77. The number of hydrogen-bond acceptors (Lipinski definition) is 1. The van der Waals surface area contributed by atoms with Crippen molar-refractivity contribution in [3.63, 3.8) is 0 Å². The van der Waals surface area contributed by atoms with E-state index in [1.807, 2.05) is 20.0 Å². The summed E-state index contributed by atoms with van der Waals surface area (Å²) in [6.45, 7) is 6.50. The molecule has 0 radical (unpaired) electrons. The summed E-state index contributed by atoms with van der Waals surface area (Å²) in [5.74, 6) is -9.36. The average Bonchev–Trinajstić information content (AvgIpc) is 2.44. The molecule has 0 saturated carbocycles. The van der Waals surface area contributed by atoms with Crippen molar-refractivity contribution in [1.29, 1.82) is 0 Å². The van der Waals surface area contributed by atoms with Gasteiger partial charge in [0.2, 0.25) is 5.82 Å². The molecule has 0 aliphatic heterocycles. The zero-order chi connectivity index (χ0) is 16.2. The zero-order valence-corrected chi connectivity index (χ0v) is 13.3. The third-order valence-electron chi connectivity index (χ3n) is 3.20. The minimum atomic E-state index is -2.12. The molecule has 7 heteroatoms. The van der Waals surface area contributed by atoms with Gasteiger partial charge in [-0.1, -0.05) is 6.92 Å². The zero-order valence-electron chi connectivity index (χ0n) is 12.3. The van der Waals surface area contributed by atoms with Crippen molar-refractivity contribution in [2.24, 2.45) is 0 Å². The van der Waals surface area contributed by atoms with Gasteiger partial charge in [-0.05, 0) is 38.4 Å². The third kappa shape index (κ3) is 4.51. The largest absolute Gasteiger partial charge is 0.417 e. The van der Waals surface area contributed by atoms with E-state index in [-0.39, 0.29) is 6.42 Å². The van der Waals surface area contributed by atoms with E-state index in [0.29, 0.717) is 19.1 Å². The van der Waals surface area contributed by atoms with Gasteiger partial charge in [-0.25, -0.2) is 22.0 Å². The maximum Gasteiger partial charge on any atom is 0.200 e. The minimum absolute atomic E-state index is 0.197. The smallest absolute Gasteiger partial charge is 0.200 e. The fourth-order valence-electron chi connectivity index (χ4n) is 2.01.